The second-order valence-electron chi connectivity index (χ2n) is 5.68. The SMILES string of the molecule is CCc1noc(CNc2ccc(CC(=O)N3CCSCC3)cc2)n1. The van der Waals surface area contributed by atoms with Crippen LogP contribution in [-0.2, 0) is 24.2 Å². The van der Waals surface area contributed by atoms with E-state index in [-0.39, 0.29) is 5.91 Å². The molecule has 3 rings (SSSR count). The molecule has 0 bridgehead atoms. The Balaban J connectivity index is 1.50. The van der Waals surface area contributed by atoms with Crippen LogP contribution in [-0.4, -0.2) is 45.5 Å². The van der Waals surface area contributed by atoms with Crippen molar-refractivity contribution in [3.8, 4) is 0 Å². The van der Waals surface area contributed by atoms with Gasteiger partial charge in [0.1, 0.15) is 0 Å². The maximum absolute atomic E-state index is 12.3. The van der Waals surface area contributed by atoms with Crippen molar-refractivity contribution in [2.45, 2.75) is 26.3 Å². The van der Waals surface area contributed by atoms with Gasteiger partial charge in [-0.3, -0.25) is 4.79 Å². The third-order valence-corrected chi connectivity index (χ3v) is 4.89. The summed E-state index contributed by atoms with van der Waals surface area (Å²) in [7, 11) is 0. The fraction of sp³-hybridized carbons (Fsp3) is 0.471. The number of anilines is 1. The van der Waals surface area contributed by atoms with Gasteiger partial charge in [-0.2, -0.15) is 16.7 Å². The lowest BCUT2D eigenvalue weighted by Crippen LogP contribution is -2.38. The number of aromatic nitrogens is 2. The predicted octanol–water partition coefficient (Wildman–Crippen LogP) is 2.36. The summed E-state index contributed by atoms with van der Waals surface area (Å²) in [6, 6.07) is 7.94. The van der Waals surface area contributed by atoms with Crippen molar-refractivity contribution in [2.75, 3.05) is 29.9 Å². The average Bonchev–Trinajstić information content (AvgIpc) is 3.10. The average molecular weight is 346 g/mol. The van der Waals surface area contributed by atoms with Crippen LogP contribution in [0.5, 0.6) is 0 Å². The number of thioether (sulfide) groups is 1. The second kappa shape index (κ2) is 8.19. The molecule has 2 aromatic rings. The molecule has 0 unspecified atom stereocenters. The van der Waals surface area contributed by atoms with Gasteiger partial charge in [-0.25, -0.2) is 0 Å². The third-order valence-electron chi connectivity index (χ3n) is 3.94. The molecule has 1 amide bonds. The molecule has 1 saturated heterocycles. The van der Waals surface area contributed by atoms with Gasteiger partial charge in [0.2, 0.25) is 11.8 Å². The maximum atomic E-state index is 12.3. The van der Waals surface area contributed by atoms with E-state index in [9.17, 15) is 4.79 Å². The van der Waals surface area contributed by atoms with Gasteiger partial charge >= 0.3 is 0 Å². The van der Waals surface area contributed by atoms with Crippen molar-refractivity contribution < 1.29 is 9.32 Å². The first-order valence-corrected chi connectivity index (χ1v) is 9.40. The second-order valence-corrected chi connectivity index (χ2v) is 6.90. The molecule has 0 atom stereocenters. The molecule has 0 spiro atoms. The number of benzene rings is 1. The zero-order chi connectivity index (χ0) is 16.8. The van der Waals surface area contributed by atoms with Crippen LogP contribution in [0.1, 0.15) is 24.2 Å². The number of rotatable bonds is 6. The lowest BCUT2D eigenvalue weighted by Gasteiger charge is -2.26. The molecule has 6 nitrogen and oxygen atoms in total. The van der Waals surface area contributed by atoms with E-state index in [2.05, 4.69) is 15.5 Å². The lowest BCUT2D eigenvalue weighted by atomic mass is 10.1. The van der Waals surface area contributed by atoms with Crippen LogP contribution in [0.3, 0.4) is 0 Å². The summed E-state index contributed by atoms with van der Waals surface area (Å²) in [5, 5.41) is 7.12. The zero-order valence-corrected chi connectivity index (χ0v) is 14.6. The number of carbonyl (C=O) groups is 1. The van der Waals surface area contributed by atoms with E-state index in [0.29, 0.717) is 18.9 Å². The number of carbonyl (C=O) groups excluding carboxylic acids is 1. The minimum absolute atomic E-state index is 0.217. The largest absolute Gasteiger partial charge is 0.376 e. The number of hydrogen-bond acceptors (Lipinski definition) is 6. The van der Waals surface area contributed by atoms with Gasteiger partial charge in [0.15, 0.2) is 5.82 Å². The van der Waals surface area contributed by atoms with Crippen molar-refractivity contribution in [3.05, 3.63) is 41.5 Å². The molecule has 0 aliphatic carbocycles. The first-order chi connectivity index (χ1) is 11.7. The molecule has 1 aliphatic rings. The van der Waals surface area contributed by atoms with Crippen molar-refractivity contribution in [1.29, 1.82) is 0 Å². The topological polar surface area (TPSA) is 71.3 Å². The van der Waals surface area contributed by atoms with E-state index in [1.54, 1.807) is 0 Å². The minimum atomic E-state index is 0.217. The van der Waals surface area contributed by atoms with E-state index in [1.165, 1.54) is 0 Å². The summed E-state index contributed by atoms with van der Waals surface area (Å²) in [4.78, 5) is 18.5. The monoisotopic (exact) mass is 346 g/mol. The van der Waals surface area contributed by atoms with Gasteiger partial charge in [-0.1, -0.05) is 24.2 Å². The van der Waals surface area contributed by atoms with Gasteiger partial charge < -0.3 is 14.7 Å². The molecule has 7 heteroatoms. The Hall–Kier alpha value is -2.02. The number of amides is 1. The number of nitrogens with zero attached hydrogens (tertiary/aromatic N) is 3. The van der Waals surface area contributed by atoms with Crippen LogP contribution >= 0.6 is 11.8 Å². The highest BCUT2D eigenvalue weighted by Gasteiger charge is 2.16. The Morgan fingerprint density at radius 3 is 2.71 bits per heavy atom. The molecule has 2 heterocycles. The van der Waals surface area contributed by atoms with Gasteiger partial charge in [0.25, 0.3) is 0 Å². The van der Waals surface area contributed by atoms with Crippen LogP contribution in [0.15, 0.2) is 28.8 Å². The molecule has 128 valence electrons. The fourth-order valence-corrected chi connectivity index (χ4v) is 3.43. The Bertz CT molecular complexity index is 665. The molecule has 1 aliphatic heterocycles. The van der Waals surface area contributed by atoms with E-state index in [1.807, 2.05) is 47.9 Å². The maximum Gasteiger partial charge on any atom is 0.245 e. The van der Waals surface area contributed by atoms with Gasteiger partial charge in [-0.05, 0) is 17.7 Å². The van der Waals surface area contributed by atoms with E-state index in [4.69, 9.17) is 4.52 Å². The zero-order valence-electron chi connectivity index (χ0n) is 13.8. The Labute approximate surface area is 146 Å². The Morgan fingerprint density at radius 1 is 1.29 bits per heavy atom. The summed E-state index contributed by atoms with van der Waals surface area (Å²) in [5.41, 5.74) is 2.01. The van der Waals surface area contributed by atoms with Crippen LogP contribution in [0.4, 0.5) is 5.69 Å². The summed E-state index contributed by atoms with van der Waals surface area (Å²) in [6.45, 7) is 4.22. The summed E-state index contributed by atoms with van der Waals surface area (Å²) < 4.78 is 5.15. The summed E-state index contributed by atoms with van der Waals surface area (Å²) in [5.74, 6) is 3.61. The molecule has 1 N–H and O–H groups in total. The first kappa shape index (κ1) is 16.8. The third kappa shape index (κ3) is 4.50. The van der Waals surface area contributed by atoms with E-state index in [0.717, 1.165) is 48.1 Å². The predicted molar refractivity (Wildman–Crippen MR) is 95.1 cm³/mol. The molecule has 1 fully saturated rings. The molecular weight excluding hydrogens is 324 g/mol. The normalized spacial score (nSPS) is 14.6. The smallest absolute Gasteiger partial charge is 0.245 e. The summed E-state index contributed by atoms with van der Waals surface area (Å²) >= 11 is 1.91. The van der Waals surface area contributed by atoms with Crippen LogP contribution in [0.2, 0.25) is 0 Å². The highest BCUT2D eigenvalue weighted by Crippen LogP contribution is 2.14. The molecule has 1 aromatic carbocycles. The number of aryl methyl sites for hydroxylation is 1. The van der Waals surface area contributed by atoms with Crippen LogP contribution < -0.4 is 5.32 Å². The lowest BCUT2D eigenvalue weighted by molar-refractivity contribution is -0.130. The van der Waals surface area contributed by atoms with Crippen LogP contribution in [0, 0.1) is 0 Å². The van der Waals surface area contributed by atoms with Crippen LogP contribution in [0.25, 0.3) is 0 Å². The highest BCUT2D eigenvalue weighted by molar-refractivity contribution is 7.99. The number of hydrogen-bond donors (Lipinski definition) is 1. The fourth-order valence-electron chi connectivity index (χ4n) is 2.52. The van der Waals surface area contributed by atoms with Crippen molar-refractivity contribution in [2.24, 2.45) is 0 Å². The molecule has 0 radical (unpaired) electrons. The Kier molecular flexibility index (Phi) is 5.74. The quantitative estimate of drug-likeness (QED) is 0.866. The van der Waals surface area contributed by atoms with E-state index < -0.39 is 0 Å². The van der Waals surface area contributed by atoms with Crippen molar-refractivity contribution in [1.82, 2.24) is 15.0 Å². The molecule has 0 saturated carbocycles. The summed E-state index contributed by atoms with van der Waals surface area (Å²) in [6.07, 6.45) is 1.23. The molecule has 1 aromatic heterocycles. The van der Waals surface area contributed by atoms with Crippen molar-refractivity contribution >= 4 is 23.4 Å². The Morgan fingerprint density at radius 2 is 2.04 bits per heavy atom. The van der Waals surface area contributed by atoms with Crippen molar-refractivity contribution in [3.63, 3.8) is 0 Å². The van der Waals surface area contributed by atoms with Gasteiger partial charge in [0.05, 0.1) is 13.0 Å². The minimum Gasteiger partial charge on any atom is -0.376 e. The first-order valence-electron chi connectivity index (χ1n) is 8.24. The molecule has 24 heavy (non-hydrogen) atoms. The molecular formula is C17H22N4O2S. The number of nitrogens with one attached hydrogen (secondary N) is 1. The van der Waals surface area contributed by atoms with Gasteiger partial charge in [0, 0.05) is 36.7 Å². The van der Waals surface area contributed by atoms with E-state index >= 15 is 0 Å². The standard InChI is InChI=1S/C17H22N4O2S/c1-2-15-19-16(23-20-15)12-18-14-5-3-13(4-6-14)11-17(22)21-7-9-24-10-8-21/h3-6,18H,2,7-12H2,1H3. The highest BCUT2D eigenvalue weighted by atomic mass is 32.2. The van der Waals surface area contributed by atoms with Gasteiger partial charge in [-0.15, -0.1) is 0 Å².